The standard InChI is InChI=1S/C33H40FN3O4/c1-22-31(23(2)41-36-22)21-40-30-13-7-27(8-14-30)33(39)35-29-11-3-24(4-12-29)15-18-37-19-16-26(17-20-37)32(38)25-5-9-28(34)10-6-25/h5-10,13-14,24,26,29H,3-4,11-12,15-21H2,1-2H3,(H,35,39). The Morgan fingerprint density at radius 1 is 0.951 bits per heavy atom. The number of nitrogens with one attached hydrogen (secondary N) is 1. The maximum atomic E-state index is 13.2. The number of rotatable bonds is 10. The lowest BCUT2D eigenvalue weighted by molar-refractivity contribution is 0.0832. The lowest BCUT2D eigenvalue weighted by atomic mass is 9.83. The number of nitrogens with zero attached hydrogens (tertiary/aromatic N) is 2. The number of benzene rings is 2. The van der Waals surface area contributed by atoms with Crippen LogP contribution >= 0.6 is 0 Å². The highest BCUT2D eigenvalue weighted by molar-refractivity contribution is 5.97. The summed E-state index contributed by atoms with van der Waals surface area (Å²) in [5.74, 6) is 1.96. The van der Waals surface area contributed by atoms with Gasteiger partial charge >= 0.3 is 0 Å². The normalized spacial score (nSPS) is 20.1. The highest BCUT2D eigenvalue weighted by atomic mass is 19.1. The molecule has 0 spiro atoms. The third kappa shape index (κ3) is 7.61. The van der Waals surface area contributed by atoms with Crippen LogP contribution in [-0.2, 0) is 6.61 Å². The number of likely N-dealkylation sites (tertiary alicyclic amines) is 1. The van der Waals surface area contributed by atoms with Gasteiger partial charge in [-0.05, 0) is 133 Å². The minimum absolute atomic E-state index is 0.0349. The van der Waals surface area contributed by atoms with Gasteiger partial charge in [-0.25, -0.2) is 4.39 Å². The van der Waals surface area contributed by atoms with Gasteiger partial charge in [0.1, 0.15) is 23.9 Å². The van der Waals surface area contributed by atoms with Gasteiger partial charge in [-0.2, -0.15) is 0 Å². The number of amides is 1. The summed E-state index contributed by atoms with van der Waals surface area (Å²) in [7, 11) is 0. The van der Waals surface area contributed by atoms with Crippen molar-refractivity contribution in [1.82, 2.24) is 15.4 Å². The van der Waals surface area contributed by atoms with Crippen molar-refractivity contribution in [3.05, 3.63) is 82.5 Å². The van der Waals surface area contributed by atoms with Crippen LogP contribution in [0.3, 0.4) is 0 Å². The predicted molar refractivity (Wildman–Crippen MR) is 154 cm³/mol. The first-order valence-corrected chi connectivity index (χ1v) is 14.8. The van der Waals surface area contributed by atoms with Crippen LogP contribution in [0.2, 0.25) is 0 Å². The molecule has 0 bridgehead atoms. The summed E-state index contributed by atoms with van der Waals surface area (Å²) in [6.45, 7) is 7.07. The van der Waals surface area contributed by atoms with Crippen molar-refractivity contribution in [2.24, 2.45) is 11.8 Å². The molecule has 41 heavy (non-hydrogen) atoms. The summed E-state index contributed by atoms with van der Waals surface area (Å²) in [6, 6.07) is 13.4. The van der Waals surface area contributed by atoms with Gasteiger partial charge in [-0.15, -0.1) is 0 Å². The summed E-state index contributed by atoms with van der Waals surface area (Å²) >= 11 is 0. The van der Waals surface area contributed by atoms with Crippen molar-refractivity contribution in [3.63, 3.8) is 0 Å². The van der Waals surface area contributed by atoms with Gasteiger partial charge in [0.25, 0.3) is 5.91 Å². The van der Waals surface area contributed by atoms with Crippen molar-refractivity contribution in [2.75, 3.05) is 19.6 Å². The molecule has 1 N–H and O–H groups in total. The molecule has 7 nitrogen and oxygen atoms in total. The molecule has 1 saturated carbocycles. The lowest BCUT2D eigenvalue weighted by Gasteiger charge is -2.34. The molecule has 0 radical (unpaired) electrons. The first-order chi connectivity index (χ1) is 19.9. The van der Waals surface area contributed by atoms with Crippen molar-refractivity contribution in [2.45, 2.75) is 71.4 Å². The summed E-state index contributed by atoms with van der Waals surface area (Å²) in [5.41, 5.74) is 3.02. The maximum absolute atomic E-state index is 13.2. The molecule has 8 heteroatoms. The predicted octanol–water partition coefficient (Wildman–Crippen LogP) is 6.28. The molecular weight excluding hydrogens is 521 g/mol. The van der Waals surface area contributed by atoms with Crippen LogP contribution in [0.4, 0.5) is 4.39 Å². The average molecular weight is 562 g/mol. The van der Waals surface area contributed by atoms with E-state index in [0.717, 1.165) is 81.6 Å². The molecule has 1 aliphatic heterocycles. The minimum atomic E-state index is -0.310. The van der Waals surface area contributed by atoms with E-state index in [1.165, 1.54) is 12.1 Å². The zero-order valence-electron chi connectivity index (χ0n) is 24.0. The number of ether oxygens (including phenoxy) is 1. The molecule has 1 amide bonds. The van der Waals surface area contributed by atoms with E-state index in [-0.39, 0.29) is 29.5 Å². The van der Waals surface area contributed by atoms with Gasteiger partial charge < -0.3 is 19.5 Å². The van der Waals surface area contributed by atoms with Crippen molar-refractivity contribution in [1.29, 1.82) is 0 Å². The summed E-state index contributed by atoms with van der Waals surface area (Å²) in [6.07, 6.45) is 7.14. The number of carbonyl (C=O) groups excluding carboxylic acids is 2. The lowest BCUT2D eigenvalue weighted by Crippen LogP contribution is -2.39. The fraction of sp³-hybridized carbons (Fsp3) is 0.485. The number of aromatic nitrogens is 1. The Labute approximate surface area is 241 Å². The molecule has 0 unspecified atom stereocenters. The Kier molecular flexibility index (Phi) is 9.49. The Balaban J connectivity index is 0.981. The van der Waals surface area contributed by atoms with Crippen molar-refractivity contribution >= 4 is 11.7 Å². The second-order valence-corrected chi connectivity index (χ2v) is 11.6. The van der Waals surface area contributed by atoms with E-state index in [1.807, 2.05) is 26.0 Å². The monoisotopic (exact) mass is 561 g/mol. The Bertz CT molecular complexity index is 1290. The summed E-state index contributed by atoms with van der Waals surface area (Å²) in [4.78, 5) is 28.0. The van der Waals surface area contributed by atoms with Crippen LogP contribution in [0.5, 0.6) is 5.75 Å². The number of Topliss-reactive ketones (excluding diaryl/α,β-unsaturated/α-hetero) is 1. The third-order valence-electron chi connectivity index (χ3n) is 8.80. The number of hydrogen-bond donors (Lipinski definition) is 1. The quantitative estimate of drug-likeness (QED) is 0.293. The van der Waals surface area contributed by atoms with Gasteiger partial charge in [-0.3, -0.25) is 9.59 Å². The highest BCUT2D eigenvalue weighted by Crippen LogP contribution is 2.29. The fourth-order valence-electron chi connectivity index (χ4n) is 6.06. The summed E-state index contributed by atoms with van der Waals surface area (Å²) in [5, 5.41) is 7.17. The van der Waals surface area contributed by atoms with Gasteiger partial charge in [0.05, 0.1) is 11.3 Å². The van der Waals surface area contributed by atoms with Crippen molar-refractivity contribution < 1.29 is 23.2 Å². The van der Waals surface area contributed by atoms with E-state index in [0.29, 0.717) is 29.4 Å². The molecule has 1 aliphatic carbocycles. The second kappa shape index (κ2) is 13.4. The van der Waals surface area contributed by atoms with Gasteiger partial charge in [0.15, 0.2) is 5.78 Å². The smallest absolute Gasteiger partial charge is 0.251 e. The van der Waals surface area contributed by atoms with Crippen LogP contribution in [0.1, 0.15) is 82.7 Å². The number of carbonyl (C=O) groups is 2. The number of ketones is 1. The van der Waals surface area contributed by atoms with E-state index in [4.69, 9.17) is 9.26 Å². The van der Waals surface area contributed by atoms with E-state index >= 15 is 0 Å². The topological polar surface area (TPSA) is 84.7 Å². The zero-order chi connectivity index (χ0) is 28.8. The molecule has 218 valence electrons. The van der Waals surface area contributed by atoms with Crippen LogP contribution in [0, 0.1) is 31.5 Å². The van der Waals surface area contributed by atoms with Gasteiger partial charge in [0.2, 0.25) is 0 Å². The molecular formula is C33H40FN3O4. The third-order valence-corrected chi connectivity index (χ3v) is 8.80. The van der Waals surface area contributed by atoms with Crippen LogP contribution in [0.25, 0.3) is 0 Å². The first-order valence-electron chi connectivity index (χ1n) is 14.8. The number of aryl methyl sites for hydroxylation is 2. The molecule has 2 aliphatic rings. The molecule has 1 aromatic heterocycles. The Hall–Kier alpha value is -3.52. The second-order valence-electron chi connectivity index (χ2n) is 11.6. The largest absolute Gasteiger partial charge is 0.489 e. The Morgan fingerprint density at radius 3 is 2.24 bits per heavy atom. The zero-order valence-corrected chi connectivity index (χ0v) is 24.0. The SMILES string of the molecule is Cc1noc(C)c1COc1ccc(C(=O)NC2CCC(CCN3CCC(C(=O)c4ccc(F)cc4)CC3)CC2)cc1. The molecule has 2 heterocycles. The molecule has 0 atom stereocenters. The molecule has 3 aromatic rings. The molecule has 2 aromatic carbocycles. The number of piperidine rings is 1. The van der Waals surface area contributed by atoms with Crippen LogP contribution in [-0.4, -0.2) is 47.4 Å². The highest BCUT2D eigenvalue weighted by Gasteiger charge is 2.27. The minimum Gasteiger partial charge on any atom is -0.489 e. The maximum Gasteiger partial charge on any atom is 0.251 e. The van der Waals surface area contributed by atoms with Gasteiger partial charge in [0, 0.05) is 23.1 Å². The van der Waals surface area contributed by atoms with Gasteiger partial charge in [-0.1, -0.05) is 5.16 Å². The van der Waals surface area contributed by atoms with Crippen molar-refractivity contribution in [3.8, 4) is 5.75 Å². The van der Waals surface area contributed by atoms with E-state index < -0.39 is 0 Å². The van der Waals surface area contributed by atoms with E-state index in [1.54, 1.807) is 24.3 Å². The summed E-state index contributed by atoms with van der Waals surface area (Å²) < 4.78 is 24.2. The number of halogens is 1. The fourth-order valence-corrected chi connectivity index (χ4v) is 6.06. The van der Waals surface area contributed by atoms with Crippen LogP contribution < -0.4 is 10.1 Å². The van der Waals surface area contributed by atoms with Crippen LogP contribution in [0.15, 0.2) is 53.1 Å². The number of hydrogen-bond acceptors (Lipinski definition) is 6. The average Bonchev–Trinajstić information content (AvgIpc) is 3.32. The molecule has 1 saturated heterocycles. The Morgan fingerprint density at radius 2 is 1.61 bits per heavy atom. The van der Waals surface area contributed by atoms with E-state index in [2.05, 4.69) is 15.4 Å². The first kappa shape index (κ1) is 29.0. The molecule has 5 rings (SSSR count). The van der Waals surface area contributed by atoms with E-state index in [9.17, 15) is 14.0 Å². The molecule has 2 fully saturated rings.